The summed E-state index contributed by atoms with van der Waals surface area (Å²) in [5.41, 5.74) is 6.40. The molecular formula is C26H25N3O2. The molecule has 2 aliphatic rings. The Labute approximate surface area is 182 Å². The van der Waals surface area contributed by atoms with Crippen LogP contribution >= 0.6 is 0 Å². The van der Waals surface area contributed by atoms with Crippen molar-refractivity contribution in [2.45, 2.75) is 25.9 Å². The molecule has 1 N–H and O–H groups in total. The van der Waals surface area contributed by atoms with Crippen molar-refractivity contribution < 1.29 is 9.59 Å². The average molecular weight is 412 g/mol. The number of benzene rings is 3. The smallest absolute Gasteiger partial charge is 0.238 e. The second-order valence-electron chi connectivity index (χ2n) is 8.17. The molecule has 2 heterocycles. The minimum atomic E-state index is -0.0732. The minimum Gasteiger partial charge on any atom is -0.323 e. The van der Waals surface area contributed by atoms with Gasteiger partial charge in [-0.2, -0.15) is 0 Å². The number of carbonyl (C=O) groups excluding carboxylic acids is 2. The van der Waals surface area contributed by atoms with Crippen LogP contribution in [-0.4, -0.2) is 29.8 Å². The van der Waals surface area contributed by atoms with Crippen LogP contribution in [0.25, 0.3) is 11.1 Å². The van der Waals surface area contributed by atoms with Crippen LogP contribution in [0.2, 0.25) is 0 Å². The lowest BCUT2D eigenvalue weighted by Gasteiger charge is -2.23. The van der Waals surface area contributed by atoms with Gasteiger partial charge in [-0.3, -0.25) is 14.5 Å². The highest BCUT2D eigenvalue weighted by molar-refractivity contribution is 6.02. The molecule has 3 aromatic carbocycles. The highest BCUT2D eigenvalue weighted by atomic mass is 16.2. The van der Waals surface area contributed by atoms with Gasteiger partial charge < -0.3 is 10.2 Å². The average Bonchev–Trinajstić information content (AvgIpc) is 3.13. The lowest BCUT2D eigenvalue weighted by molar-refractivity contribution is -0.118. The number of fused-ring (bicyclic) bond motifs is 3. The van der Waals surface area contributed by atoms with E-state index in [1.807, 2.05) is 36.4 Å². The third kappa shape index (κ3) is 3.97. The largest absolute Gasteiger partial charge is 0.323 e. The number of nitrogens with one attached hydrogen (secondary N) is 1. The molecule has 3 aromatic rings. The Morgan fingerprint density at radius 1 is 0.839 bits per heavy atom. The summed E-state index contributed by atoms with van der Waals surface area (Å²) < 4.78 is 0. The second kappa shape index (κ2) is 8.36. The maximum atomic E-state index is 13.0. The van der Waals surface area contributed by atoms with E-state index in [2.05, 4.69) is 46.6 Å². The molecule has 5 rings (SSSR count). The van der Waals surface area contributed by atoms with Crippen LogP contribution in [0.1, 0.15) is 24.0 Å². The van der Waals surface area contributed by atoms with Gasteiger partial charge in [0.05, 0.1) is 17.9 Å². The molecular weight excluding hydrogens is 386 g/mol. The summed E-state index contributed by atoms with van der Waals surface area (Å²) in [4.78, 5) is 29.2. The van der Waals surface area contributed by atoms with Gasteiger partial charge in [0, 0.05) is 26.1 Å². The topological polar surface area (TPSA) is 52.7 Å². The zero-order valence-corrected chi connectivity index (χ0v) is 17.4. The molecule has 2 aliphatic heterocycles. The molecule has 0 saturated carbocycles. The molecule has 0 radical (unpaired) electrons. The minimum absolute atomic E-state index is 0.0732. The Morgan fingerprint density at radius 2 is 1.45 bits per heavy atom. The van der Waals surface area contributed by atoms with E-state index in [1.165, 1.54) is 22.3 Å². The van der Waals surface area contributed by atoms with Crippen molar-refractivity contribution in [2.24, 2.45) is 0 Å². The van der Waals surface area contributed by atoms with E-state index in [0.717, 1.165) is 12.1 Å². The summed E-state index contributed by atoms with van der Waals surface area (Å²) in [6, 6.07) is 24.4. The number of rotatable bonds is 4. The van der Waals surface area contributed by atoms with Gasteiger partial charge in [0.25, 0.3) is 0 Å². The predicted octanol–water partition coefficient (Wildman–Crippen LogP) is 4.43. The first-order chi connectivity index (χ1) is 15.2. The summed E-state index contributed by atoms with van der Waals surface area (Å²) >= 11 is 0. The highest BCUT2D eigenvalue weighted by Crippen LogP contribution is 2.33. The van der Waals surface area contributed by atoms with Crippen molar-refractivity contribution in [3.63, 3.8) is 0 Å². The van der Waals surface area contributed by atoms with E-state index in [4.69, 9.17) is 0 Å². The first-order valence-electron chi connectivity index (χ1n) is 10.8. The summed E-state index contributed by atoms with van der Waals surface area (Å²) in [6.45, 7) is 2.41. The van der Waals surface area contributed by atoms with Crippen molar-refractivity contribution >= 4 is 23.2 Å². The van der Waals surface area contributed by atoms with Crippen LogP contribution in [0.5, 0.6) is 0 Å². The number of hydrogen-bond donors (Lipinski definition) is 1. The lowest BCUT2D eigenvalue weighted by atomic mass is 9.97. The monoisotopic (exact) mass is 411 g/mol. The highest BCUT2D eigenvalue weighted by Gasteiger charge is 2.25. The Morgan fingerprint density at radius 3 is 2.10 bits per heavy atom. The van der Waals surface area contributed by atoms with Crippen molar-refractivity contribution in [1.29, 1.82) is 0 Å². The quantitative estimate of drug-likeness (QED) is 0.691. The normalized spacial score (nSPS) is 15.9. The van der Waals surface area contributed by atoms with Crippen molar-refractivity contribution in [1.82, 2.24) is 4.90 Å². The van der Waals surface area contributed by atoms with E-state index < -0.39 is 0 Å². The molecule has 0 unspecified atom stereocenters. The number of anilines is 2. The van der Waals surface area contributed by atoms with Gasteiger partial charge >= 0.3 is 0 Å². The molecule has 1 saturated heterocycles. The first-order valence-corrected chi connectivity index (χ1v) is 10.8. The van der Waals surface area contributed by atoms with E-state index in [-0.39, 0.29) is 18.4 Å². The lowest BCUT2D eigenvalue weighted by Crippen LogP contribution is -2.33. The van der Waals surface area contributed by atoms with E-state index in [1.54, 1.807) is 4.90 Å². The van der Waals surface area contributed by atoms with Crippen LogP contribution in [0.3, 0.4) is 0 Å². The van der Waals surface area contributed by atoms with E-state index in [9.17, 15) is 9.59 Å². The molecule has 0 atom stereocenters. The van der Waals surface area contributed by atoms with Crippen molar-refractivity contribution in [2.75, 3.05) is 23.3 Å². The standard InChI is InChI=1S/C26H25N3O2/c30-25(27-23-12-5-6-13-24(23)29-15-7-14-26(29)31)18-28-16-19-8-1-3-10-21(19)22-11-4-2-9-20(22)17-28/h1-6,8-13H,7,14-18H2,(H,27,30). The zero-order chi connectivity index (χ0) is 21.2. The van der Waals surface area contributed by atoms with Gasteiger partial charge in [-0.1, -0.05) is 60.7 Å². The molecule has 1 fully saturated rings. The first kappa shape index (κ1) is 19.5. The number of para-hydroxylation sites is 2. The molecule has 0 bridgehead atoms. The zero-order valence-electron chi connectivity index (χ0n) is 17.4. The molecule has 0 aliphatic carbocycles. The van der Waals surface area contributed by atoms with Gasteiger partial charge in [-0.05, 0) is 40.8 Å². The Kier molecular flexibility index (Phi) is 5.26. The summed E-state index contributed by atoms with van der Waals surface area (Å²) in [5.74, 6) is 0.0402. The van der Waals surface area contributed by atoms with Gasteiger partial charge in [0.15, 0.2) is 0 Å². The van der Waals surface area contributed by atoms with Crippen LogP contribution in [0.4, 0.5) is 11.4 Å². The Bertz CT molecular complexity index is 1090. The fourth-order valence-electron chi connectivity index (χ4n) is 4.60. The summed E-state index contributed by atoms with van der Waals surface area (Å²) in [5, 5.41) is 3.05. The molecule has 156 valence electrons. The van der Waals surface area contributed by atoms with Crippen LogP contribution in [0.15, 0.2) is 72.8 Å². The molecule has 5 heteroatoms. The SMILES string of the molecule is O=C(CN1Cc2ccccc2-c2ccccc2C1)Nc1ccccc1N1CCCC1=O. The molecule has 0 spiro atoms. The Hall–Kier alpha value is -3.44. The van der Waals surface area contributed by atoms with E-state index in [0.29, 0.717) is 31.7 Å². The van der Waals surface area contributed by atoms with Crippen LogP contribution < -0.4 is 10.2 Å². The van der Waals surface area contributed by atoms with Crippen LogP contribution in [-0.2, 0) is 22.7 Å². The summed E-state index contributed by atoms with van der Waals surface area (Å²) in [7, 11) is 0. The van der Waals surface area contributed by atoms with Gasteiger partial charge in [-0.15, -0.1) is 0 Å². The van der Waals surface area contributed by atoms with Crippen LogP contribution in [0, 0.1) is 0 Å². The molecule has 5 nitrogen and oxygen atoms in total. The van der Waals surface area contributed by atoms with Gasteiger partial charge in [0.2, 0.25) is 11.8 Å². The van der Waals surface area contributed by atoms with Crippen molar-refractivity contribution in [3.8, 4) is 11.1 Å². The number of carbonyl (C=O) groups is 2. The molecule has 0 aromatic heterocycles. The number of amides is 2. The molecule has 2 amide bonds. The maximum absolute atomic E-state index is 13.0. The van der Waals surface area contributed by atoms with Gasteiger partial charge in [-0.25, -0.2) is 0 Å². The van der Waals surface area contributed by atoms with Gasteiger partial charge in [0.1, 0.15) is 0 Å². The molecule has 31 heavy (non-hydrogen) atoms. The Balaban J connectivity index is 1.36. The summed E-state index contributed by atoms with van der Waals surface area (Å²) in [6.07, 6.45) is 1.42. The van der Waals surface area contributed by atoms with E-state index >= 15 is 0 Å². The second-order valence-corrected chi connectivity index (χ2v) is 8.17. The number of nitrogens with zero attached hydrogens (tertiary/aromatic N) is 2. The maximum Gasteiger partial charge on any atom is 0.238 e. The number of hydrogen-bond acceptors (Lipinski definition) is 3. The third-order valence-electron chi connectivity index (χ3n) is 6.02. The predicted molar refractivity (Wildman–Crippen MR) is 123 cm³/mol. The third-order valence-corrected chi connectivity index (χ3v) is 6.02. The fourth-order valence-corrected chi connectivity index (χ4v) is 4.60. The van der Waals surface area contributed by atoms with Crippen molar-refractivity contribution in [3.05, 3.63) is 83.9 Å². The fraction of sp³-hybridized carbons (Fsp3) is 0.231.